The van der Waals surface area contributed by atoms with Gasteiger partial charge in [0.1, 0.15) is 23.3 Å². The molecule has 1 saturated heterocycles. The van der Waals surface area contributed by atoms with Crippen LogP contribution < -0.4 is 9.47 Å². The highest BCUT2D eigenvalue weighted by Crippen LogP contribution is 2.40. The maximum atomic E-state index is 13.3. The molecule has 7 heteroatoms. The lowest BCUT2D eigenvalue weighted by Gasteiger charge is -2.24. The van der Waals surface area contributed by atoms with Crippen LogP contribution in [0.1, 0.15) is 55.1 Å². The Balaban J connectivity index is 1.82. The first-order valence-electron chi connectivity index (χ1n) is 11.9. The smallest absolute Gasteiger partial charge is 0.296 e. The maximum absolute atomic E-state index is 13.3. The van der Waals surface area contributed by atoms with Crippen LogP contribution >= 0.6 is 0 Å². The SMILES string of the molecule is CCOc1ccc(/C(O)=C2/C(=O)C(=O)N(Cc3ccc(OC)cc3)C2c2ccccn2)cc1C(C)C. The summed E-state index contributed by atoms with van der Waals surface area (Å²) in [5.41, 5.74) is 2.70. The van der Waals surface area contributed by atoms with E-state index in [2.05, 4.69) is 4.98 Å². The van der Waals surface area contributed by atoms with Gasteiger partial charge in [0.2, 0.25) is 0 Å². The van der Waals surface area contributed by atoms with Gasteiger partial charge in [-0.2, -0.15) is 0 Å². The van der Waals surface area contributed by atoms with Gasteiger partial charge in [0, 0.05) is 18.3 Å². The molecule has 7 nitrogen and oxygen atoms in total. The van der Waals surface area contributed by atoms with Crippen LogP contribution in [0.25, 0.3) is 5.76 Å². The third kappa shape index (κ3) is 4.82. The minimum absolute atomic E-state index is 0.0195. The highest BCUT2D eigenvalue weighted by atomic mass is 16.5. The average Bonchev–Trinajstić information content (AvgIpc) is 3.14. The summed E-state index contributed by atoms with van der Waals surface area (Å²) in [6.07, 6.45) is 1.61. The van der Waals surface area contributed by atoms with Crippen molar-refractivity contribution in [2.45, 2.75) is 39.3 Å². The molecule has 0 spiro atoms. The zero-order valence-electron chi connectivity index (χ0n) is 20.9. The fourth-order valence-corrected chi connectivity index (χ4v) is 4.41. The number of aliphatic hydroxyl groups is 1. The zero-order chi connectivity index (χ0) is 25.8. The molecule has 1 fully saturated rings. The van der Waals surface area contributed by atoms with Gasteiger partial charge in [-0.05, 0) is 66.4 Å². The molecule has 1 aliphatic rings. The van der Waals surface area contributed by atoms with Crippen molar-refractivity contribution in [3.8, 4) is 11.5 Å². The molecule has 2 aromatic carbocycles. The van der Waals surface area contributed by atoms with Crippen LogP contribution in [0.3, 0.4) is 0 Å². The highest BCUT2D eigenvalue weighted by molar-refractivity contribution is 6.46. The van der Waals surface area contributed by atoms with Gasteiger partial charge in [-0.25, -0.2) is 0 Å². The molecule has 1 N–H and O–H groups in total. The number of carbonyl (C=O) groups excluding carboxylic acids is 2. The number of likely N-dealkylation sites (tertiary alicyclic amines) is 1. The van der Waals surface area contributed by atoms with Crippen molar-refractivity contribution in [1.29, 1.82) is 0 Å². The first-order valence-corrected chi connectivity index (χ1v) is 11.9. The predicted molar refractivity (Wildman–Crippen MR) is 137 cm³/mol. The van der Waals surface area contributed by atoms with E-state index < -0.39 is 17.7 Å². The second kappa shape index (κ2) is 10.6. The summed E-state index contributed by atoms with van der Waals surface area (Å²) < 4.78 is 11.0. The number of ketones is 1. The molecular weight excluding hydrogens is 456 g/mol. The second-order valence-electron chi connectivity index (χ2n) is 8.87. The zero-order valence-corrected chi connectivity index (χ0v) is 20.9. The van der Waals surface area contributed by atoms with Gasteiger partial charge in [-0.15, -0.1) is 0 Å². The molecule has 0 saturated carbocycles. The standard InChI is InChI=1S/C29H30N2O5/c1-5-36-24-14-11-20(16-22(24)18(2)3)27(32)25-26(23-8-6-7-15-30-23)31(29(34)28(25)33)17-19-9-12-21(35-4)13-10-19/h6-16,18,26,32H,5,17H2,1-4H3/b27-25-. The molecule has 1 aromatic heterocycles. The minimum Gasteiger partial charge on any atom is -0.507 e. The lowest BCUT2D eigenvalue weighted by atomic mass is 9.94. The first kappa shape index (κ1) is 25.0. The van der Waals surface area contributed by atoms with Gasteiger partial charge < -0.3 is 19.5 Å². The largest absolute Gasteiger partial charge is 0.507 e. The molecule has 1 unspecified atom stereocenters. The third-order valence-corrected chi connectivity index (χ3v) is 6.22. The van der Waals surface area contributed by atoms with E-state index in [-0.39, 0.29) is 23.8 Å². The Morgan fingerprint density at radius 2 is 1.83 bits per heavy atom. The van der Waals surface area contributed by atoms with Crippen LogP contribution in [0, 0.1) is 0 Å². The van der Waals surface area contributed by atoms with Crippen molar-refractivity contribution in [3.63, 3.8) is 0 Å². The number of methoxy groups -OCH3 is 1. The average molecular weight is 487 g/mol. The van der Waals surface area contributed by atoms with Crippen molar-refractivity contribution in [2.75, 3.05) is 13.7 Å². The number of aromatic nitrogens is 1. The molecule has 4 rings (SSSR count). The van der Waals surface area contributed by atoms with Gasteiger partial charge in [-0.3, -0.25) is 14.6 Å². The fourth-order valence-electron chi connectivity index (χ4n) is 4.41. The van der Waals surface area contributed by atoms with Gasteiger partial charge in [0.05, 0.1) is 25.0 Å². The number of benzene rings is 2. The summed E-state index contributed by atoms with van der Waals surface area (Å²) in [7, 11) is 1.58. The molecule has 0 aliphatic carbocycles. The van der Waals surface area contributed by atoms with E-state index in [1.54, 1.807) is 55.8 Å². The summed E-state index contributed by atoms with van der Waals surface area (Å²) in [6, 6.07) is 17.1. The summed E-state index contributed by atoms with van der Waals surface area (Å²) in [6.45, 7) is 6.66. The highest BCUT2D eigenvalue weighted by Gasteiger charge is 2.46. The van der Waals surface area contributed by atoms with E-state index in [0.29, 0.717) is 23.6 Å². The van der Waals surface area contributed by atoms with Crippen molar-refractivity contribution in [2.24, 2.45) is 0 Å². The maximum Gasteiger partial charge on any atom is 0.296 e. The number of carbonyl (C=O) groups is 2. The summed E-state index contributed by atoms with van der Waals surface area (Å²) in [4.78, 5) is 32.4. The van der Waals surface area contributed by atoms with Gasteiger partial charge in [-0.1, -0.05) is 32.0 Å². The molecule has 186 valence electrons. The number of pyridine rings is 1. The lowest BCUT2D eigenvalue weighted by Crippen LogP contribution is -2.29. The Labute approximate surface area is 211 Å². The molecule has 0 radical (unpaired) electrons. The van der Waals surface area contributed by atoms with E-state index >= 15 is 0 Å². The Hall–Kier alpha value is -4.13. The van der Waals surface area contributed by atoms with Crippen molar-refractivity contribution in [3.05, 3.63) is 94.8 Å². The van der Waals surface area contributed by atoms with E-state index in [0.717, 1.165) is 16.9 Å². The molecule has 2 heterocycles. The number of amides is 1. The Morgan fingerprint density at radius 3 is 2.44 bits per heavy atom. The third-order valence-electron chi connectivity index (χ3n) is 6.22. The van der Waals surface area contributed by atoms with Crippen molar-refractivity contribution in [1.82, 2.24) is 9.88 Å². The van der Waals surface area contributed by atoms with Crippen LogP contribution in [0.2, 0.25) is 0 Å². The number of nitrogens with zero attached hydrogens (tertiary/aromatic N) is 2. The van der Waals surface area contributed by atoms with Crippen LogP contribution in [0.5, 0.6) is 11.5 Å². The summed E-state index contributed by atoms with van der Waals surface area (Å²) >= 11 is 0. The van der Waals surface area contributed by atoms with Crippen LogP contribution in [-0.4, -0.2) is 40.4 Å². The Kier molecular flexibility index (Phi) is 7.38. The monoisotopic (exact) mass is 486 g/mol. The number of Topliss-reactive ketones (excluding diaryl/α,β-unsaturated/α-hetero) is 1. The Morgan fingerprint density at radius 1 is 1.08 bits per heavy atom. The minimum atomic E-state index is -0.831. The predicted octanol–water partition coefficient (Wildman–Crippen LogP) is 5.23. The van der Waals surface area contributed by atoms with Gasteiger partial charge in [0.25, 0.3) is 11.7 Å². The lowest BCUT2D eigenvalue weighted by molar-refractivity contribution is -0.140. The quantitative estimate of drug-likeness (QED) is 0.266. The fraction of sp³-hybridized carbons (Fsp3) is 0.276. The van der Waals surface area contributed by atoms with Crippen LogP contribution in [0.15, 0.2) is 72.4 Å². The molecule has 1 amide bonds. The molecule has 0 bridgehead atoms. The van der Waals surface area contributed by atoms with Crippen molar-refractivity contribution < 1.29 is 24.2 Å². The molecule has 1 aliphatic heterocycles. The Bertz CT molecular complexity index is 1280. The number of hydrogen-bond acceptors (Lipinski definition) is 6. The number of rotatable bonds is 8. The summed E-state index contributed by atoms with van der Waals surface area (Å²) in [5, 5.41) is 11.4. The molecule has 3 aromatic rings. The number of aliphatic hydroxyl groups excluding tert-OH is 1. The number of ether oxygens (including phenoxy) is 2. The van der Waals surface area contributed by atoms with E-state index in [1.807, 2.05) is 39.0 Å². The topological polar surface area (TPSA) is 89.0 Å². The summed E-state index contributed by atoms with van der Waals surface area (Å²) in [5.74, 6) is -0.104. The van der Waals surface area contributed by atoms with Crippen LogP contribution in [0.4, 0.5) is 0 Å². The normalized spacial score (nSPS) is 17.0. The molecule has 36 heavy (non-hydrogen) atoms. The molecular formula is C29H30N2O5. The van der Waals surface area contributed by atoms with Gasteiger partial charge >= 0.3 is 0 Å². The number of hydrogen-bond donors (Lipinski definition) is 1. The first-order chi connectivity index (χ1) is 17.3. The van der Waals surface area contributed by atoms with E-state index in [4.69, 9.17) is 9.47 Å². The van der Waals surface area contributed by atoms with E-state index in [1.165, 1.54) is 4.90 Å². The van der Waals surface area contributed by atoms with Crippen molar-refractivity contribution >= 4 is 17.4 Å². The second-order valence-corrected chi connectivity index (χ2v) is 8.87. The van der Waals surface area contributed by atoms with Gasteiger partial charge in [0.15, 0.2) is 0 Å². The molecule has 1 atom stereocenters. The van der Waals surface area contributed by atoms with E-state index in [9.17, 15) is 14.7 Å². The van der Waals surface area contributed by atoms with Crippen LogP contribution in [-0.2, 0) is 16.1 Å².